The first-order valence-electron chi connectivity index (χ1n) is 6.49. The van der Waals surface area contributed by atoms with Gasteiger partial charge in [0, 0.05) is 23.1 Å². The van der Waals surface area contributed by atoms with Crippen molar-refractivity contribution in [2.24, 2.45) is 0 Å². The summed E-state index contributed by atoms with van der Waals surface area (Å²) >= 11 is 0. The van der Waals surface area contributed by atoms with Gasteiger partial charge in [0.2, 0.25) is 0 Å². The highest BCUT2D eigenvalue weighted by Crippen LogP contribution is 2.32. The minimum atomic E-state index is -0.297. The normalized spacial score (nSPS) is 18.7. The molecule has 0 aliphatic heterocycles. The van der Waals surface area contributed by atoms with E-state index in [1.165, 1.54) is 5.69 Å². The number of hydrogen-bond acceptors (Lipinski definition) is 2. The van der Waals surface area contributed by atoms with Crippen molar-refractivity contribution in [2.45, 2.75) is 39.2 Å². The molecule has 0 aromatic carbocycles. The molecule has 3 nitrogen and oxygen atoms in total. The van der Waals surface area contributed by atoms with Gasteiger partial charge in [0.15, 0.2) is 0 Å². The summed E-state index contributed by atoms with van der Waals surface area (Å²) in [6.07, 6.45) is 4.72. The molecule has 0 radical (unpaired) electrons. The Bertz CT molecular complexity index is 586. The Kier molecular flexibility index (Phi) is 2.71. The molecular weight excluding hydrogens is 224 g/mol. The first-order chi connectivity index (χ1) is 8.66. The maximum Gasteiger partial charge on any atom is 0.0807 e. The molecule has 2 heterocycles. The van der Waals surface area contributed by atoms with Crippen molar-refractivity contribution in [3.8, 4) is 5.69 Å². The van der Waals surface area contributed by atoms with E-state index in [-0.39, 0.29) is 6.10 Å². The van der Waals surface area contributed by atoms with Crippen molar-refractivity contribution in [1.82, 2.24) is 9.55 Å². The summed E-state index contributed by atoms with van der Waals surface area (Å²) < 4.78 is 2.18. The van der Waals surface area contributed by atoms with Crippen LogP contribution in [0.25, 0.3) is 5.69 Å². The van der Waals surface area contributed by atoms with Crippen molar-refractivity contribution in [2.75, 3.05) is 0 Å². The van der Waals surface area contributed by atoms with Crippen LogP contribution in [0.3, 0.4) is 0 Å². The van der Waals surface area contributed by atoms with Crippen LogP contribution in [0.5, 0.6) is 0 Å². The van der Waals surface area contributed by atoms with Gasteiger partial charge >= 0.3 is 0 Å². The number of rotatable bonds is 1. The van der Waals surface area contributed by atoms with Crippen LogP contribution in [0, 0.1) is 13.8 Å². The second-order valence-corrected chi connectivity index (χ2v) is 5.05. The lowest BCUT2D eigenvalue weighted by Crippen LogP contribution is -2.11. The molecule has 0 amide bonds. The Morgan fingerprint density at radius 3 is 2.89 bits per heavy atom. The Morgan fingerprint density at radius 1 is 1.28 bits per heavy atom. The predicted molar refractivity (Wildman–Crippen MR) is 70.9 cm³/mol. The van der Waals surface area contributed by atoms with Gasteiger partial charge in [-0.3, -0.25) is 4.98 Å². The predicted octanol–water partition coefficient (Wildman–Crippen LogP) is 2.86. The number of aliphatic hydroxyl groups excluding tert-OH is 1. The molecule has 0 bridgehead atoms. The minimum Gasteiger partial charge on any atom is -0.388 e. The Labute approximate surface area is 107 Å². The van der Waals surface area contributed by atoms with Gasteiger partial charge in [-0.05, 0) is 51.3 Å². The third-order valence-electron chi connectivity index (χ3n) is 3.73. The first kappa shape index (κ1) is 11.5. The molecule has 2 aromatic rings. The number of aryl methyl sites for hydroxylation is 2. The highest BCUT2D eigenvalue weighted by Gasteiger charge is 2.22. The molecule has 0 saturated heterocycles. The quantitative estimate of drug-likeness (QED) is 0.835. The molecule has 1 atom stereocenters. The topological polar surface area (TPSA) is 38.0 Å². The Balaban J connectivity index is 2.12. The van der Waals surface area contributed by atoms with Gasteiger partial charge in [0.25, 0.3) is 0 Å². The lowest BCUT2D eigenvalue weighted by Gasteiger charge is -2.20. The van der Waals surface area contributed by atoms with Gasteiger partial charge in [0.1, 0.15) is 0 Å². The molecule has 0 fully saturated rings. The second-order valence-electron chi connectivity index (χ2n) is 5.05. The van der Waals surface area contributed by atoms with E-state index in [1.807, 2.05) is 26.0 Å². The summed E-state index contributed by atoms with van der Waals surface area (Å²) in [5, 5.41) is 10.0. The van der Waals surface area contributed by atoms with Crippen LogP contribution in [0.1, 0.15) is 41.6 Å². The van der Waals surface area contributed by atoms with E-state index in [2.05, 4.69) is 21.8 Å². The summed E-state index contributed by atoms with van der Waals surface area (Å²) in [7, 11) is 0. The lowest BCUT2D eigenvalue weighted by atomic mass is 9.95. The van der Waals surface area contributed by atoms with Gasteiger partial charge in [-0.25, -0.2) is 0 Å². The van der Waals surface area contributed by atoms with E-state index in [1.54, 1.807) is 0 Å². The zero-order valence-electron chi connectivity index (χ0n) is 10.8. The Morgan fingerprint density at radius 2 is 2.11 bits per heavy atom. The molecule has 0 saturated carbocycles. The highest BCUT2D eigenvalue weighted by atomic mass is 16.3. The van der Waals surface area contributed by atoms with Crippen molar-refractivity contribution >= 4 is 0 Å². The molecule has 1 N–H and O–H groups in total. The fourth-order valence-electron chi connectivity index (χ4n) is 2.83. The molecule has 0 spiro atoms. The van der Waals surface area contributed by atoms with E-state index < -0.39 is 0 Å². The molecule has 3 rings (SSSR count). The standard InChI is InChI=1S/C15H18N2O/c1-10-6-7-13(11(2)16-10)17-9-8-12-14(17)4-3-5-15(12)18/h6-9,15,18H,3-5H2,1-2H3. The maximum absolute atomic E-state index is 10.0. The summed E-state index contributed by atoms with van der Waals surface area (Å²) in [5.74, 6) is 0. The monoisotopic (exact) mass is 242 g/mol. The van der Waals surface area contributed by atoms with Gasteiger partial charge in [0.05, 0.1) is 17.5 Å². The average molecular weight is 242 g/mol. The van der Waals surface area contributed by atoms with Crippen molar-refractivity contribution in [3.05, 3.63) is 47.0 Å². The zero-order valence-corrected chi connectivity index (χ0v) is 10.8. The minimum absolute atomic E-state index is 0.297. The lowest BCUT2D eigenvalue weighted by molar-refractivity contribution is 0.156. The fourth-order valence-corrected chi connectivity index (χ4v) is 2.83. The van der Waals surface area contributed by atoms with E-state index in [4.69, 9.17) is 0 Å². The molecule has 3 heteroatoms. The number of aromatic nitrogens is 2. The van der Waals surface area contributed by atoms with Crippen LogP contribution in [-0.4, -0.2) is 14.7 Å². The molecule has 1 aliphatic rings. The molecule has 2 aromatic heterocycles. The van der Waals surface area contributed by atoms with E-state index in [0.29, 0.717) is 0 Å². The molecular formula is C15H18N2O. The summed E-state index contributed by atoms with van der Waals surface area (Å²) in [6, 6.07) is 6.19. The van der Waals surface area contributed by atoms with Crippen LogP contribution in [0.4, 0.5) is 0 Å². The van der Waals surface area contributed by atoms with Crippen LogP contribution in [0.15, 0.2) is 24.4 Å². The van der Waals surface area contributed by atoms with E-state index in [9.17, 15) is 5.11 Å². The number of pyridine rings is 1. The van der Waals surface area contributed by atoms with Crippen LogP contribution in [0.2, 0.25) is 0 Å². The first-order valence-corrected chi connectivity index (χ1v) is 6.49. The SMILES string of the molecule is Cc1ccc(-n2ccc3c2CCCC3O)c(C)n1. The van der Waals surface area contributed by atoms with Crippen LogP contribution in [-0.2, 0) is 6.42 Å². The summed E-state index contributed by atoms with van der Waals surface area (Å²) in [5.41, 5.74) is 5.52. The Hall–Kier alpha value is -1.61. The van der Waals surface area contributed by atoms with Crippen molar-refractivity contribution in [3.63, 3.8) is 0 Å². The van der Waals surface area contributed by atoms with E-state index in [0.717, 1.165) is 41.9 Å². The van der Waals surface area contributed by atoms with Gasteiger partial charge in [-0.15, -0.1) is 0 Å². The smallest absolute Gasteiger partial charge is 0.0807 e. The number of nitrogens with zero attached hydrogens (tertiary/aromatic N) is 2. The van der Waals surface area contributed by atoms with Crippen LogP contribution >= 0.6 is 0 Å². The van der Waals surface area contributed by atoms with Gasteiger partial charge < -0.3 is 9.67 Å². The molecule has 1 unspecified atom stereocenters. The third-order valence-corrected chi connectivity index (χ3v) is 3.73. The second kappa shape index (κ2) is 4.25. The maximum atomic E-state index is 10.0. The van der Waals surface area contributed by atoms with E-state index >= 15 is 0 Å². The number of fused-ring (bicyclic) bond motifs is 1. The van der Waals surface area contributed by atoms with Gasteiger partial charge in [-0.2, -0.15) is 0 Å². The largest absolute Gasteiger partial charge is 0.388 e. The number of hydrogen-bond donors (Lipinski definition) is 1. The van der Waals surface area contributed by atoms with Gasteiger partial charge in [-0.1, -0.05) is 0 Å². The summed E-state index contributed by atoms with van der Waals surface area (Å²) in [6.45, 7) is 4.04. The molecule has 18 heavy (non-hydrogen) atoms. The average Bonchev–Trinajstić information content (AvgIpc) is 2.74. The zero-order chi connectivity index (χ0) is 12.7. The van der Waals surface area contributed by atoms with Crippen LogP contribution < -0.4 is 0 Å². The van der Waals surface area contributed by atoms with Crippen molar-refractivity contribution < 1.29 is 5.11 Å². The molecule has 1 aliphatic carbocycles. The van der Waals surface area contributed by atoms with Crippen molar-refractivity contribution in [1.29, 1.82) is 0 Å². The third kappa shape index (κ3) is 1.75. The number of aliphatic hydroxyl groups is 1. The fraction of sp³-hybridized carbons (Fsp3) is 0.400. The molecule has 94 valence electrons. The summed E-state index contributed by atoms with van der Waals surface area (Å²) in [4.78, 5) is 4.51. The highest BCUT2D eigenvalue weighted by molar-refractivity contribution is 5.43.